The first-order chi connectivity index (χ1) is 11.0. The number of carbonyl (C=O) groups is 1. The number of halogens is 1. The highest BCUT2D eigenvalue weighted by atomic mass is 79.9. The van der Waals surface area contributed by atoms with Crippen LogP contribution in [0.15, 0.2) is 51.9 Å². The molecule has 1 atom stereocenters. The number of nitrogens with zero attached hydrogens (tertiary/aromatic N) is 2. The van der Waals surface area contributed by atoms with E-state index in [4.69, 9.17) is 0 Å². The number of Topliss-reactive ketones (excluding diaryl/α,β-unsaturated/α-hetero) is 1. The Kier molecular flexibility index (Phi) is 3.18. The van der Waals surface area contributed by atoms with Gasteiger partial charge in [-0.25, -0.2) is 4.99 Å². The van der Waals surface area contributed by atoms with E-state index in [1.165, 1.54) is 0 Å². The summed E-state index contributed by atoms with van der Waals surface area (Å²) in [5, 5.41) is 11.0. The Hall–Kier alpha value is -1.98. The van der Waals surface area contributed by atoms with E-state index in [1.807, 2.05) is 48.2 Å². The molecule has 1 fully saturated rings. The van der Waals surface area contributed by atoms with Crippen molar-refractivity contribution < 1.29 is 9.90 Å². The molecule has 0 amide bonds. The van der Waals surface area contributed by atoms with Gasteiger partial charge in [0.2, 0.25) is 5.78 Å². The molecule has 4 rings (SSSR count). The number of benzene rings is 2. The van der Waals surface area contributed by atoms with Crippen LogP contribution in [0.5, 0.6) is 0 Å². The molecule has 1 saturated heterocycles. The second-order valence-corrected chi connectivity index (χ2v) is 6.94. The maximum atomic E-state index is 12.8. The second kappa shape index (κ2) is 5.01. The molecule has 4 nitrogen and oxygen atoms in total. The predicted molar refractivity (Wildman–Crippen MR) is 93.7 cm³/mol. The molecule has 0 bridgehead atoms. The minimum absolute atomic E-state index is 0.251. The van der Waals surface area contributed by atoms with E-state index in [2.05, 4.69) is 20.9 Å². The highest BCUT2D eigenvalue weighted by Gasteiger charge is 2.52. The van der Waals surface area contributed by atoms with Crippen molar-refractivity contribution >= 4 is 38.9 Å². The molecule has 2 aromatic carbocycles. The second-order valence-electron chi connectivity index (χ2n) is 6.03. The van der Waals surface area contributed by atoms with Crippen LogP contribution in [0.25, 0.3) is 0 Å². The molecule has 2 aliphatic heterocycles. The molecular formula is C18H15BrN2O2. The zero-order valence-corrected chi connectivity index (χ0v) is 14.2. The van der Waals surface area contributed by atoms with Gasteiger partial charge in [0.1, 0.15) is 5.84 Å². The summed E-state index contributed by atoms with van der Waals surface area (Å²) in [6, 6.07) is 13.4. The lowest BCUT2D eigenvalue weighted by atomic mass is 9.87. The molecule has 0 saturated carbocycles. The zero-order chi connectivity index (χ0) is 16.2. The number of fused-ring (bicyclic) bond motifs is 2. The van der Waals surface area contributed by atoms with E-state index in [0.29, 0.717) is 30.1 Å². The SMILES string of the molecule is Cc1ccc2c(c1)C(=O)C1(O)CCN(c3cccc(Br)c3)C1=N2. The Morgan fingerprint density at radius 2 is 2.09 bits per heavy atom. The minimum atomic E-state index is -1.52. The summed E-state index contributed by atoms with van der Waals surface area (Å²) < 4.78 is 0.948. The highest BCUT2D eigenvalue weighted by Crippen LogP contribution is 2.39. The Morgan fingerprint density at radius 1 is 1.26 bits per heavy atom. The third-order valence-corrected chi connectivity index (χ3v) is 4.93. The van der Waals surface area contributed by atoms with Crippen molar-refractivity contribution in [2.75, 3.05) is 11.4 Å². The van der Waals surface area contributed by atoms with Crippen molar-refractivity contribution in [1.82, 2.24) is 0 Å². The summed E-state index contributed by atoms with van der Waals surface area (Å²) in [5.41, 5.74) is 1.51. The molecule has 2 aliphatic rings. The molecule has 0 radical (unpaired) electrons. The fourth-order valence-electron chi connectivity index (χ4n) is 3.24. The van der Waals surface area contributed by atoms with Crippen molar-refractivity contribution in [3.8, 4) is 0 Å². The van der Waals surface area contributed by atoms with E-state index < -0.39 is 5.60 Å². The minimum Gasteiger partial charge on any atom is -0.374 e. The lowest BCUT2D eigenvalue weighted by Crippen LogP contribution is -2.48. The number of hydrogen-bond donors (Lipinski definition) is 1. The van der Waals surface area contributed by atoms with Gasteiger partial charge in [0, 0.05) is 28.7 Å². The first kappa shape index (κ1) is 14.6. The van der Waals surface area contributed by atoms with Crippen molar-refractivity contribution in [1.29, 1.82) is 0 Å². The number of amidine groups is 1. The van der Waals surface area contributed by atoms with Crippen LogP contribution >= 0.6 is 15.9 Å². The van der Waals surface area contributed by atoms with Crippen molar-refractivity contribution in [3.63, 3.8) is 0 Å². The number of rotatable bonds is 1. The Balaban J connectivity index is 1.87. The summed E-state index contributed by atoms with van der Waals surface area (Å²) in [6.07, 6.45) is 0.352. The average molecular weight is 371 g/mol. The number of anilines is 1. The lowest BCUT2D eigenvalue weighted by molar-refractivity contribution is 0.0602. The molecule has 23 heavy (non-hydrogen) atoms. The first-order valence-corrected chi connectivity index (χ1v) is 8.28. The van der Waals surface area contributed by atoms with E-state index in [9.17, 15) is 9.90 Å². The third kappa shape index (κ3) is 2.15. The number of hydrogen-bond acceptors (Lipinski definition) is 4. The number of ketones is 1. The predicted octanol–water partition coefficient (Wildman–Crippen LogP) is 3.63. The first-order valence-electron chi connectivity index (χ1n) is 7.49. The van der Waals surface area contributed by atoms with Gasteiger partial charge in [-0.05, 0) is 37.3 Å². The molecular weight excluding hydrogens is 356 g/mol. The maximum absolute atomic E-state index is 12.8. The molecule has 1 unspecified atom stereocenters. The van der Waals surface area contributed by atoms with Gasteiger partial charge in [-0.1, -0.05) is 33.6 Å². The third-order valence-electron chi connectivity index (χ3n) is 4.44. The summed E-state index contributed by atoms with van der Waals surface area (Å²) in [7, 11) is 0. The van der Waals surface area contributed by atoms with E-state index in [-0.39, 0.29) is 5.78 Å². The van der Waals surface area contributed by atoms with Gasteiger partial charge >= 0.3 is 0 Å². The zero-order valence-electron chi connectivity index (χ0n) is 12.6. The average Bonchev–Trinajstić information content (AvgIpc) is 2.87. The van der Waals surface area contributed by atoms with Gasteiger partial charge in [-0.3, -0.25) is 4.79 Å². The van der Waals surface area contributed by atoms with Crippen LogP contribution in [-0.4, -0.2) is 28.9 Å². The Bertz CT molecular complexity index is 862. The molecule has 2 aromatic rings. The van der Waals surface area contributed by atoms with Crippen LogP contribution in [0.4, 0.5) is 11.4 Å². The highest BCUT2D eigenvalue weighted by molar-refractivity contribution is 9.10. The number of aryl methyl sites for hydroxylation is 1. The standard InChI is InChI=1S/C18H15BrN2O2/c1-11-5-6-15-14(9-11)16(22)18(23)7-8-21(17(18)20-15)13-4-2-3-12(19)10-13/h2-6,9-10,23H,7-8H2,1H3. The molecule has 0 spiro atoms. The number of aliphatic imine (C=N–C) groups is 1. The lowest BCUT2D eigenvalue weighted by Gasteiger charge is -2.29. The van der Waals surface area contributed by atoms with Crippen molar-refractivity contribution in [3.05, 3.63) is 58.1 Å². The van der Waals surface area contributed by atoms with Crippen LogP contribution in [0.3, 0.4) is 0 Å². The molecule has 5 heteroatoms. The fraction of sp³-hybridized carbons (Fsp3) is 0.222. The van der Waals surface area contributed by atoms with Gasteiger partial charge in [-0.15, -0.1) is 0 Å². The fourth-order valence-corrected chi connectivity index (χ4v) is 3.63. The van der Waals surface area contributed by atoms with Crippen LogP contribution in [0, 0.1) is 6.92 Å². The molecule has 0 aliphatic carbocycles. The normalized spacial score (nSPS) is 22.7. The van der Waals surface area contributed by atoms with E-state index >= 15 is 0 Å². The largest absolute Gasteiger partial charge is 0.374 e. The van der Waals surface area contributed by atoms with Crippen LogP contribution in [-0.2, 0) is 0 Å². The maximum Gasteiger partial charge on any atom is 0.204 e. The monoisotopic (exact) mass is 370 g/mol. The van der Waals surface area contributed by atoms with E-state index in [1.54, 1.807) is 6.07 Å². The van der Waals surface area contributed by atoms with Crippen LogP contribution in [0.2, 0.25) is 0 Å². The Labute approximate surface area is 142 Å². The molecule has 2 heterocycles. The van der Waals surface area contributed by atoms with Gasteiger partial charge in [0.15, 0.2) is 5.60 Å². The van der Waals surface area contributed by atoms with Gasteiger partial charge in [-0.2, -0.15) is 0 Å². The van der Waals surface area contributed by atoms with Gasteiger partial charge < -0.3 is 10.0 Å². The van der Waals surface area contributed by atoms with Crippen LogP contribution in [0.1, 0.15) is 22.3 Å². The quantitative estimate of drug-likeness (QED) is 0.833. The molecule has 1 N–H and O–H groups in total. The van der Waals surface area contributed by atoms with Crippen molar-refractivity contribution in [2.24, 2.45) is 4.99 Å². The molecule has 0 aromatic heterocycles. The summed E-state index contributed by atoms with van der Waals surface area (Å²) >= 11 is 3.46. The summed E-state index contributed by atoms with van der Waals surface area (Å²) in [6.45, 7) is 2.49. The van der Waals surface area contributed by atoms with Crippen molar-refractivity contribution in [2.45, 2.75) is 18.9 Å². The number of aliphatic hydroxyl groups is 1. The van der Waals surface area contributed by atoms with Crippen LogP contribution < -0.4 is 4.90 Å². The topological polar surface area (TPSA) is 52.9 Å². The number of carbonyl (C=O) groups excluding carboxylic acids is 1. The smallest absolute Gasteiger partial charge is 0.204 e. The van der Waals surface area contributed by atoms with Gasteiger partial charge in [0.25, 0.3) is 0 Å². The summed E-state index contributed by atoms with van der Waals surface area (Å²) in [4.78, 5) is 19.4. The summed E-state index contributed by atoms with van der Waals surface area (Å²) in [5.74, 6) is 0.177. The van der Waals surface area contributed by atoms with E-state index in [0.717, 1.165) is 15.7 Å². The van der Waals surface area contributed by atoms with Gasteiger partial charge in [0.05, 0.1) is 5.69 Å². The Morgan fingerprint density at radius 3 is 2.87 bits per heavy atom. The molecule has 116 valence electrons.